The molecule has 5 nitrogen and oxygen atoms in total. The van der Waals surface area contributed by atoms with Gasteiger partial charge in [0, 0.05) is 10.4 Å². The number of amides is 1. The molecule has 2 aromatic carbocycles. The highest BCUT2D eigenvalue weighted by molar-refractivity contribution is 9.10. The van der Waals surface area contributed by atoms with Gasteiger partial charge in [-0.1, -0.05) is 35.0 Å². The van der Waals surface area contributed by atoms with Gasteiger partial charge < -0.3 is 10.8 Å². The lowest BCUT2D eigenvalue weighted by atomic mass is 9.72. The molecule has 0 saturated carbocycles. The zero-order valence-corrected chi connectivity index (χ0v) is 17.5. The number of carboxylic acid groups (broad SMARTS) is 1. The number of nitrogens with two attached hydrogens (primary N) is 1. The number of hydrogen-bond acceptors (Lipinski definition) is 3. The molecule has 1 unspecified atom stereocenters. The van der Waals surface area contributed by atoms with Crippen LogP contribution in [0.25, 0.3) is 0 Å². The highest BCUT2D eigenvalue weighted by atomic mass is 79.9. The van der Waals surface area contributed by atoms with E-state index in [9.17, 15) is 28.3 Å². The number of anilines is 1. The van der Waals surface area contributed by atoms with E-state index in [1.165, 1.54) is 0 Å². The van der Waals surface area contributed by atoms with Gasteiger partial charge in [0.25, 0.3) is 0 Å². The number of carbonyl (C=O) groups is 1. The standard InChI is InChI=1S/C21H19BrF3N3O2/c1-2-20(27)10-16(17(11-26)12-4-3-5-14(22)8-12)15-9-13(21(23,24)25)6-7-18(15)28(20)19(29)30/h3-9,16-17H,2,10,27H2,1H3,(H,29,30)/t16-,17?,20-/m1/s1. The zero-order chi connectivity index (χ0) is 22.3. The molecule has 1 aliphatic rings. The summed E-state index contributed by atoms with van der Waals surface area (Å²) in [6.45, 7) is 1.71. The number of benzene rings is 2. The van der Waals surface area contributed by atoms with Crippen LogP contribution in [0.5, 0.6) is 0 Å². The molecule has 0 radical (unpaired) electrons. The fourth-order valence-corrected chi connectivity index (χ4v) is 4.46. The molecule has 0 aromatic heterocycles. The van der Waals surface area contributed by atoms with Crippen molar-refractivity contribution >= 4 is 27.7 Å². The van der Waals surface area contributed by atoms with Crippen molar-refractivity contribution in [2.24, 2.45) is 5.73 Å². The summed E-state index contributed by atoms with van der Waals surface area (Å²) < 4.78 is 40.9. The zero-order valence-electron chi connectivity index (χ0n) is 15.9. The highest BCUT2D eigenvalue weighted by Gasteiger charge is 2.47. The summed E-state index contributed by atoms with van der Waals surface area (Å²) >= 11 is 3.35. The SMILES string of the molecule is CC[C@]1(N)C[C@@H](C(C#N)c2cccc(Br)c2)c2cc(C(F)(F)F)ccc2N1C(=O)O. The Morgan fingerprint density at radius 1 is 1.40 bits per heavy atom. The lowest BCUT2D eigenvalue weighted by Gasteiger charge is -2.47. The van der Waals surface area contributed by atoms with E-state index in [4.69, 9.17) is 5.73 Å². The van der Waals surface area contributed by atoms with Crippen molar-refractivity contribution in [1.82, 2.24) is 0 Å². The Morgan fingerprint density at radius 2 is 2.10 bits per heavy atom. The fourth-order valence-electron chi connectivity index (χ4n) is 4.04. The summed E-state index contributed by atoms with van der Waals surface area (Å²) in [7, 11) is 0. The normalized spacial score (nSPS) is 22.2. The van der Waals surface area contributed by atoms with Crippen LogP contribution in [0.15, 0.2) is 46.9 Å². The monoisotopic (exact) mass is 481 g/mol. The van der Waals surface area contributed by atoms with E-state index in [1.54, 1.807) is 31.2 Å². The van der Waals surface area contributed by atoms with Crippen LogP contribution in [0, 0.1) is 11.3 Å². The van der Waals surface area contributed by atoms with Crippen molar-refractivity contribution in [1.29, 1.82) is 5.26 Å². The largest absolute Gasteiger partial charge is 0.465 e. The van der Waals surface area contributed by atoms with Crippen LogP contribution in [0.2, 0.25) is 0 Å². The second-order valence-electron chi connectivity index (χ2n) is 7.32. The Hall–Kier alpha value is -2.57. The number of halogens is 4. The molecule has 0 spiro atoms. The van der Waals surface area contributed by atoms with Crippen LogP contribution < -0.4 is 10.6 Å². The number of rotatable bonds is 3. The first-order valence-electron chi connectivity index (χ1n) is 9.20. The van der Waals surface area contributed by atoms with Gasteiger partial charge in [0.1, 0.15) is 0 Å². The van der Waals surface area contributed by atoms with Gasteiger partial charge >= 0.3 is 12.3 Å². The molecule has 30 heavy (non-hydrogen) atoms. The second-order valence-corrected chi connectivity index (χ2v) is 8.23. The van der Waals surface area contributed by atoms with Gasteiger partial charge in [-0.15, -0.1) is 0 Å². The first-order chi connectivity index (χ1) is 14.0. The molecule has 3 N–H and O–H groups in total. The Balaban J connectivity index is 2.26. The molecule has 9 heteroatoms. The third-order valence-corrected chi connectivity index (χ3v) is 6.06. The Labute approximate surface area is 180 Å². The average molecular weight is 482 g/mol. The number of nitriles is 1. The smallest absolute Gasteiger partial charge is 0.416 e. The van der Waals surface area contributed by atoms with Crippen LogP contribution >= 0.6 is 15.9 Å². The van der Waals surface area contributed by atoms with Crippen molar-refractivity contribution in [3.63, 3.8) is 0 Å². The van der Waals surface area contributed by atoms with E-state index in [1.807, 2.05) is 0 Å². The van der Waals surface area contributed by atoms with E-state index in [0.717, 1.165) is 27.6 Å². The van der Waals surface area contributed by atoms with Crippen LogP contribution in [-0.2, 0) is 6.18 Å². The minimum absolute atomic E-state index is 0.00878. The molecule has 1 aliphatic heterocycles. The molecule has 0 fully saturated rings. The molecule has 2 aromatic rings. The molecule has 3 atom stereocenters. The van der Waals surface area contributed by atoms with E-state index in [0.29, 0.717) is 5.56 Å². The Morgan fingerprint density at radius 3 is 2.63 bits per heavy atom. The summed E-state index contributed by atoms with van der Waals surface area (Å²) in [5.74, 6) is -1.53. The predicted molar refractivity (Wildman–Crippen MR) is 109 cm³/mol. The molecule has 0 aliphatic carbocycles. The highest BCUT2D eigenvalue weighted by Crippen LogP contribution is 2.50. The molecule has 1 amide bonds. The second kappa shape index (κ2) is 7.93. The van der Waals surface area contributed by atoms with Crippen LogP contribution in [0.4, 0.5) is 23.7 Å². The topological polar surface area (TPSA) is 90.4 Å². The lowest BCUT2D eigenvalue weighted by Crippen LogP contribution is -2.61. The lowest BCUT2D eigenvalue weighted by molar-refractivity contribution is -0.137. The average Bonchev–Trinajstić information content (AvgIpc) is 2.67. The molecule has 3 rings (SSSR count). The maximum absolute atomic E-state index is 13.4. The maximum Gasteiger partial charge on any atom is 0.416 e. The fraction of sp³-hybridized carbons (Fsp3) is 0.333. The van der Waals surface area contributed by atoms with Gasteiger partial charge in [-0.3, -0.25) is 4.90 Å². The summed E-state index contributed by atoms with van der Waals surface area (Å²) in [5.41, 5.74) is 5.02. The van der Waals surface area contributed by atoms with Crippen LogP contribution in [0.1, 0.15) is 48.3 Å². The third kappa shape index (κ3) is 3.89. The van der Waals surface area contributed by atoms with Crippen molar-refractivity contribution in [2.75, 3.05) is 4.90 Å². The van der Waals surface area contributed by atoms with Gasteiger partial charge in [0.2, 0.25) is 0 Å². The minimum Gasteiger partial charge on any atom is -0.465 e. The van der Waals surface area contributed by atoms with Crippen molar-refractivity contribution in [3.05, 3.63) is 63.6 Å². The van der Waals surface area contributed by atoms with Crippen molar-refractivity contribution < 1.29 is 23.1 Å². The Bertz CT molecular complexity index is 1020. The van der Waals surface area contributed by atoms with Gasteiger partial charge in [0.15, 0.2) is 0 Å². The predicted octanol–water partition coefficient (Wildman–Crippen LogP) is 5.81. The van der Waals surface area contributed by atoms with Crippen molar-refractivity contribution in [3.8, 4) is 6.07 Å². The van der Waals surface area contributed by atoms with Gasteiger partial charge in [0.05, 0.1) is 28.9 Å². The molecule has 0 saturated heterocycles. The molecule has 1 heterocycles. The first kappa shape index (κ1) is 22.1. The first-order valence-corrected chi connectivity index (χ1v) is 9.99. The van der Waals surface area contributed by atoms with E-state index in [2.05, 4.69) is 22.0 Å². The maximum atomic E-state index is 13.4. The molecular formula is C21H19BrF3N3O2. The van der Waals surface area contributed by atoms with E-state index >= 15 is 0 Å². The van der Waals surface area contributed by atoms with E-state index in [-0.39, 0.29) is 24.1 Å². The summed E-state index contributed by atoms with van der Waals surface area (Å²) in [6, 6.07) is 12.1. The van der Waals surface area contributed by atoms with Gasteiger partial charge in [-0.05, 0) is 54.3 Å². The summed E-state index contributed by atoms with van der Waals surface area (Å²) in [5, 5.41) is 19.7. The molecule has 158 valence electrons. The third-order valence-electron chi connectivity index (χ3n) is 5.57. The molecule has 0 bridgehead atoms. The summed E-state index contributed by atoms with van der Waals surface area (Å²) in [4.78, 5) is 12.9. The number of nitrogens with zero attached hydrogens (tertiary/aromatic N) is 2. The summed E-state index contributed by atoms with van der Waals surface area (Å²) in [6.07, 6.45) is -5.72. The van der Waals surface area contributed by atoms with Crippen LogP contribution in [-0.4, -0.2) is 16.9 Å². The molecular weight excluding hydrogens is 463 g/mol. The number of hydrogen-bond donors (Lipinski definition) is 2. The van der Waals surface area contributed by atoms with Gasteiger partial charge in [-0.25, -0.2) is 4.79 Å². The van der Waals surface area contributed by atoms with Crippen molar-refractivity contribution in [2.45, 2.75) is 43.4 Å². The number of fused-ring (bicyclic) bond motifs is 1. The van der Waals surface area contributed by atoms with E-state index < -0.39 is 35.3 Å². The van der Waals surface area contributed by atoms with Gasteiger partial charge in [-0.2, -0.15) is 18.4 Å². The Kier molecular flexibility index (Phi) is 5.85. The minimum atomic E-state index is -4.60. The van der Waals surface area contributed by atoms with Crippen LogP contribution in [0.3, 0.4) is 0 Å². The quantitative estimate of drug-likeness (QED) is 0.578. The number of alkyl halides is 3.